The number of nitrogens with one attached hydrogen (secondary N) is 1. The van der Waals surface area contributed by atoms with Crippen LogP contribution in [0, 0.1) is 12.8 Å². The van der Waals surface area contributed by atoms with E-state index in [4.69, 9.17) is 4.98 Å². The summed E-state index contributed by atoms with van der Waals surface area (Å²) in [6.45, 7) is 2.14. The van der Waals surface area contributed by atoms with E-state index in [9.17, 15) is 0 Å². The van der Waals surface area contributed by atoms with E-state index in [1.165, 1.54) is 59.3 Å². The molecule has 2 aliphatic rings. The van der Waals surface area contributed by atoms with Crippen molar-refractivity contribution in [2.75, 3.05) is 0 Å². The molecule has 106 valence electrons. The number of rotatable bonds is 1. The van der Waals surface area contributed by atoms with Gasteiger partial charge in [0, 0.05) is 6.04 Å². The summed E-state index contributed by atoms with van der Waals surface area (Å²) in [5.74, 6) is 0.927. The molecule has 0 spiro atoms. The maximum Gasteiger partial charge on any atom is 0.111 e. The Morgan fingerprint density at radius 1 is 1.15 bits per heavy atom. The highest BCUT2D eigenvalue weighted by molar-refractivity contribution is 7.18. The molecule has 0 radical (unpaired) electrons. The Hall–Kier alpha value is -0.930. The third kappa shape index (κ3) is 2.27. The SMILES string of the molecule is Cc1ccc2sc(C3CCC4CCCCC4N3)nc2c1. The number of thiazole rings is 1. The summed E-state index contributed by atoms with van der Waals surface area (Å²) in [6.07, 6.45) is 8.29. The molecule has 2 fully saturated rings. The van der Waals surface area contributed by atoms with E-state index >= 15 is 0 Å². The third-order valence-corrected chi connectivity index (χ3v) is 6.16. The summed E-state index contributed by atoms with van der Waals surface area (Å²) in [4.78, 5) is 4.89. The average molecular weight is 286 g/mol. The van der Waals surface area contributed by atoms with Gasteiger partial charge in [0.1, 0.15) is 5.01 Å². The Balaban J connectivity index is 1.59. The molecule has 3 heteroatoms. The summed E-state index contributed by atoms with van der Waals surface area (Å²) in [5, 5.41) is 5.20. The van der Waals surface area contributed by atoms with Crippen molar-refractivity contribution in [2.45, 2.75) is 57.5 Å². The highest BCUT2D eigenvalue weighted by Gasteiger charge is 2.33. The van der Waals surface area contributed by atoms with Crippen molar-refractivity contribution in [1.29, 1.82) is 0 Å². The van der Waals surface area contributed by atoms with Crippen LogP contribution in [0.2, 0.25) is 0 Å². The number of nitrogens with zero attached hydrogens (tertiary/aromatic N) is 1. The zero-order valence-electron chi connectivity index (χ0n) is 12.1. The maximum absolute atomic E-state index is 4.89. The van der Waals surface area contributed by atoms with Gasteiger partial charge in [-0.05, 0) is 56.2 Å². The topological polar surface area (TPSA) is 24.9 Å². The van der Waals surface area contributed by atoms with Gasteiger partial charge >= 0.3 is 0 Å². The largest absolute Gasteiger partial charge is 0.305 e. The lowest BCUT2D eigenvalue weighted by molar-refractivity contribution is 0.177. The zero-order valence-corrected chi connectivity index (χ0v) is 12.9. The van der Waals surface area contributed by atoms with Crippen LogP contribution in [0.4, 0.5) is 0 Å². The minimum absolute atomic E-state index is 0.493. The summed E-state index contributed by atoms with van der Waals surface area (Å²) in [6, 6.07) is 7.86. The standard InChI is InChI=1S/C17H22N2S/c1-11-6-9-16-15(10-11)19-17(20-16)14-8-7-12-4-2-3-5-13(12)18-14/h6,9-10,12-14,18H,2-5,7-8H2,1H3. The van der Waals surface area contributed by atoms with E-state index in [1.54, 1.807) is 0 Å². The molecule has 2 aromatic rings. The van der Waals surface area contributed by atoms with Gasteiger partial charge in [-0.25, -0.2) is 4.98 Å². The van der Waals surface area contributed by atoms with Crippen molar-refractivity contribution >= 4 is 21.6 Å². The van der Waals surface area contributed by atoms with Gasteiger partial charge in [-0.15, -0.1) is 11.3 Å². The Morgan fingerprint density at radius 2 is 2.05 bits per heavy atom. The fraction of sp³-hybridized carbons (Fsp3) is 0.588. The van der Waals surface area contributed by atoms with Crippen molar-refractivity contribution in [3.05, 3.63) is 28.8 Å². The fourth-order valence-electron chi connectivity index (χ4n) is 3.89. The Morgan fingerprint density at radius 3 is 3.00 bits per heavy atom. The molecule has 0 bridgehead atoms. The predicted molar refractivity (Wildman–Crippen MR) is 85.2 cm³/mol. The molecular weight excluding hydrogens is 264 g/mol. The molecule has 4 rings (SSSR count). The Labute approximate surface area is 124 Å². The van der Waals surface area contributed by atoms with Crippen LogP contribution >= 0.6 is 11.3 Å². The van der Waals surface area contributed by atoms with E-state index < -0.39 is 0 Å². The van der Waals surface area contributed by atoms with Gasteiger partial charge < -0.3 is 5.32 Å². The van der Waals surface area contributed by atoms with Gasteiger partial charge in [0.05, 0.1) is 16.3 Å². The number of aromatic nitrogens is 1. The second-order valence-electron chi connectivity index (χ2n) is 6.47. The van der Waals surface area contributed by atoms with Crippen LogP contribution in [-0.2, 0) is 0 Å². The van der Waals surface area contributed by atoms with E-state index in [-0.39, 0.29) is 0 Å². The molecule has 2 nitrogen and oxygen atoms in total. The molecule has 2 heterocycles. The van der Waals surface area contributed by atoms with Crippen molar-refractivity contribution in [1.82, 2.24) is 10.3 Å². The first-order valence-corrected chi connectivity index (χ1v) is 8.74. The highest BCUT2D eigenvalue weighted by Crippen LogP contribution is 2.38. The summed E-state index contributed by atoms with van der Waals surface area (Å²) in [5.41, 5.74) is 2.48. The second-order valence-corrected chi connectivity index (χ2v) is 7.53. The molecule has 1 aliphatic carbocycles. The minimum atomic E-state index is 0.493. The van der Waals surface area contributed by atoms with Crippen LogP contribution < -0.4 is 5.32 Å². The lowest BCUT2D eigenvalue weighted by Crippen LogP contribution is -2.44. The molecule has 1 saturated heterocycles. The minimum Gasteiger partial charge on any atom is -0.305 e. The number of aryl methyl sites for hydroxylation is 1. The molecule has 1 saturated carbocycles. The first kappa shape index (κ1) is 12.8. The normalized spacial score (nSPS) is 30.4. The smallest absolute Gasteiger partial charge is 0.111 e. The lowest BCUT2D eigenvalue weighted by Gasteiger charge is -2.39. The van der Waals surface area contributed by atoms with E-state index in [1.807, 2.05) is 11.3 Å². The quantitative estimate of drug-likeness (QED) is 0.829. The third-order valence-electron chi connectivity index (χ3n) is 5.01. The van der Waals surface area contributed by atoms with Gasteiger partial charge in [0.2, 0.25) is 0 Å². The van der Waals surface area contributed by atoms with E-state index in [0.29, 0.717) is 6.04 Å². The number of fused-ring (bicyclic) bond motifs is 2. The van der Waals surface area contributed by atoms with Crippen LogP contribution in [-0.4, -0.2) is 11.0 Å². The second kappa shape index (κ2) is 5.12. The molecule has 1 aromatic carbocycles. The Bertz CT molecular complexity index is 618. The van der Waals surface area contributed by atoms with Gasteiger partial charge in [-0.2, -0.15) is 0 Å². The zero-order chi connectivity index (χ0) is 13.5. The van der Waals surface area contributed by atoms with Gasteiger partial charge in [-0.1, -0.05) is 18.9 Å². The predicted octanol–water partition coefficient (Wildman–Crippen LogP) is 4.59. The van der Waals surface area contributed by atoms with Crippen LogP contribution in [0.5, 0.6) is 0 Å². The molecule has 1 aliphatic heterocycles. The monoisotopic (exact) mass is 286 g/mol. The maximum atomic E-state index is 4.89. The molecule has 1 N–H and O–H groups in total. The van der Waals surface area contributed by atoms with Crippen LogP contribution in [0.15, 0.2) is 18.2 Å². The molecule has 0 amide bonds. The first-order chi connectivity index (χ1) is 9.79. The van der Waals surface area contributed by atoms with Crippen molar-refractivity contribution in [3.63, 3.8) is 0 Å². The van der Waals surface area contributed by atoms with E-state index in [0.717, 1.165) is 12.0 Å². The number of hydrogen-bond donors (Lipinski definition) is 1. The van der Waals surface area contributed by atoms with Crippen molar-refractivity contribution < 1.29 is 0 Å². The van der Waals surface area contributed by atoms with Crippen LogP contribution in [0.1, 0.15) is 55.1 Å². The summed E-state index contributed by atoms with van der Waals surface area (Å²) >= 11 is 1.88. The van der Waals surface area contributed by atoms with Crippen molar-refractivity contribution in [2.24, 2.45) is 5.92 Å². The Kier molecular flexibility index (Phi) is 3.27. The summed E-state index contributed by atoms with van der Waals surface area (Å²) in [7, 11) is 0. The highest BCUT2D eigenvalue weighted by atomic mass is 32.1. The van der Waals surface area contributed by atoms with Crippen LogP contribution in [0.3, 0.4) is 0 Å². The van der Waals surface area contributed by atoms with Gasteiger partial charge in [0.15, 0.2) is 0 Å². The summed E-state index contributed by atoms with van der Waals surface area (Å²) < 4.78 is 1.33. The van der Waals surface area contributed by atoms with Crippen LogP contribution in [0.25, 0.3) is 10.2 Å². The molecule has 3 unspecified atom stereocenters. The van der Waals surface area contributed by atoms with Crippen molar-refractivity contribution in [3.8, 4) is 0 Å². The molecule has 3 atom stereocenters. The molecule has 20 heavy (non-hydrogen) atoms. The number of piperidine rings is 1. The van der Waals surface area contributed by atoms with Gasteiger partial charge in [0.25, 0.3) is 0 Å². The number of benzene rings is 1. The molecular formula is C17H22N2S. The lowest BCUT2D eigenvalue weighted by atomic mass is 9.78. The van der Waals surface area contributed by atoms with Gasteiger partial charge in [-0.3, -0.25) is 0 Å². The molecule has 1 aromatic heterocycles. The van der Waals surface area contributed by atoms with E-state index in [2.05, 4.69) is 30.4 Å². The number of hydrogen-bond acceptors (Lipinski definition) is 3. The first-order valence-electron chi connectivity index (χ1n) is 7.93. The average Bonchev–Trinajstić information content (AvgIpc) is 2.89. The fourth-order valence-corrected chi connectivity index (χ4v) is 4.94.